The van der Waals surface area contributed by atoms with Gasteiger partial charge in [0.1, 0.15) is 6.04 Å². The molecule has 1 aromatic carbocycles. The first-order valence-electron chi connectivity index (χ1n) is 6.48. The molecule has 0 radical (unpaired) electrons. The number of amides is 1. The van der Waals surface area contributed by atoms with E-state index in [1.807, 2.05) is 0 Å². The normalized spacial score (nSPS) is 18.1. The number of nitrogens with zero attached hydrogens (tertiary/aromatic N) is 1. The molecule has 1 aromatic rings. The molecule has 0 aromatic heterocycles. The van der Waals surface area contributed by atoms with Gasteiger partial charge < -0.3 is 9.64 Å². The minimum absolute atomic E-state index is 0.230. The van der Waals surface area contributed by atoms with Crippen molar-refractivity contribution in [1.82, 2.24) is 4.90 Å². The third kappa shape index (κ3) is 2.99. The van der Waals surface area contributed by atoms with E-state index in [1.54, 1.807) is 30.0 Å². The lowest BCUT2D eigenvalue weighted by molar-refractivity contribution is -0.147. The molecule has 1 saturated heterocycles. The van der Waals surface area contributed by atoms with Gasteiger partial charge in [0.05, 0.1) is 17.2 Å². The van der Waals surface area contributed by atoms with Crippen LogP contribution in [0, 0.1) is 0 Å². The highest BCUT2D eigenvalue weighted by Gasteiger charge is 2.36. The maximum atomic E-state index is 12.6. The topological polar surface area (TPSA) is 46.6 Å². The number of ether oxygens (including phenoxy) is 1. The number of carbonyl (C=O) groups excluding carboxylic acids is 2. The fraction of sp³-hybridized carbons (Fsp3) is 0.429. The molecule has 0 bridgehead atoms. The summed E-state index contributed by atoms with van der Waals surface area (Å²) < 4.78 is 5.68. The van der Waals surface area contributed by atoms with Gasteiger partial charge in [-0.2, -0.15) is 0 Å². The zero-order valence-electron chi connectivity index (χ0n) is 11.1. The summed E-state index contributed by atoms with van der Waals surface area (Å²) in [5.74, 6) is -0.573. The molecule has 1 heterocycles. The van der Waals surface area contributed by atoms with Gasteiger partial charge in [-0.3, -0.25) is 4.79 Å². The van der Waals surface area contributed by atoms with Crippen LogP contribution in [0.1, 0.15) is 30.1 Å². The number of halogens is 2. The molecule has 1 atom stereocenters. The summed E-state index contributed by atoms with van der Waals surface area (Å²) in [6, 6.07) is 4.68. The van der Waals surface area contributed by atoms with Gasteiger partial charge in [-0.25, -0.2) is 4.79 Å². The summed E-state index contributed by atoms with van der Waals surface area (Å²) in [5.41, 5.74) is 0.400. The van der Waals surface area contributed by atoms with Crippen LogP contribution in [0.25, 0.3) is 0 Å². The molecule has 0 aliphatic carbocycles. The van der Waals surface area contributed by atoms with Gasteiger partial charge in [0, 0.05) is 11.0 Å². The van der Waals surface area contributed by atoms with E-state index < -0.39 is 6.04 Å². The van der Waals surface area contributed by atoms with E-state index in [0.717, 1.165) is 6.42 Å². The smallest absolute Gasteiger partial charge is 0.328 e. The maximum Gasteiger partial charge on any atom is 0.328 e. The molecule has 1 amide bonds. The highest BCUT2D eigenvalue weighted by Crippen LogP contribution is 2.29. The average Bonchev–Trinajstić information content (AvgIpc) is 2.91. The molecule has 108 valence electrons. The van der Waals surface area contributed by atoms with Crippen molar-refractivity contribution < 1.29 is 14.3 Å². The Hall–Kier alpha value is -1.07. The van der Waals surface area contributed by atoms with Crippen molar-refractivity contribution in [3.63, 3.8) is 0 Å². The van der Waals surface area contributed by atoms with Gasteiger partial charge in [0.15, 0.2) is 0 Å². The summed E-state index contributed by atoms with van der Waals surface area (Å²) in [6.07, 6.45) is 1.43. The molecule has 6 heteroatoms. The van der Waals surface area contributed by atoms with E-state index in [2.05, 4.69) is 15.9 Å². The Morgan fingerprint density at radius 1 is 1.50 bits per heavy atom. The second-order valence-corrected chi connectivity index (χ2v) is 5.74. The zero-order valence-corrected chi connectivity index (χ0v) is 13.4. The molecule has 4 nitrogen and oxygen atoms in total. The minimum atomic E-state index is -0.502. The van der Waals surface area contributed by atoms with Crippen molar-refractivity contribution in [3.8, 4) is 0 Å². The van der Waals surface area contributed by atoms with Crippen molar-refractivity contribution in [1.29, 1.82) is 0 Å². The number of hydrogen-bond donors (Lipinski definition) is 0. The monoisotopic (exact) mass is 359 g/mol. The summed E-state index contributed by atoms with van der Waals surface area (Å²) >= 11 is 9.44. The molecule has 0 N–H and O–H groups in total. The van der Waals surface area contributed by atoms with Crippen molar-refractivity contribution in [2.24, 2.45) is 0 Å². The Morgan fingerprint density at radius 2 is 2.25 bits per heavy atom. The van der Waals surface area contributed by atoms with Crippen LogP contribution in [0.3, 0.4) is 0 Å². The van der Waals surface area contributed by atoms with Crippen LogP contribution in [0.4, 0.5) is 0 Å². The lowest BCUT2D eigenvalue weighted by Crippen LogP contribution is -2.41. The number of hydrogen-bond acceptors (Lipinski definition) is 3. The third-order valence-corrected chi connectivity index (χ3v) is 4.55. The molecule has 20 heavy (non-hydrogen) atoms. The highest BCUT2D eigenvalue weighted by molar-refractivity contribution is 9.10. The van der Waals surface area contributed by atoms with E-state index in [9.17, 15) is 9.59 Å². The van der Waals surface area contributed by atoms with Crippen molar-refractivity contribution in [2.45, 2.75) is 25.8 Å². The van der Waals surface area contributed by atoms with Gasteiger partial charge in [-0.1, -0.05) is 17.7 Å². The second kappa shape index (κ2) is 6.59. The minimum Gasteiger partial charge on any atom is -0.464 e. The van der Waals surface area contributed by atoms with Crippen molar-refractivity contribution in [2.75, 3.05) is 13.2 Å². The first-order chi connectivity index (χ1) is 9.56. The molecule has 1 aliphatic heterocycles. The summed E-state index contributed by atoms with van der Waals surface area (Å²) in [6.45, 7) is 2.62. The molecule has 2 rings (SSSR count). The highest BCUT2D eigenvalue weighted by atomic mass is 79.9. The Labute approximate surface area is 131 Å². The number of carbonyl (C=O) groups is 2. The fourth-order valence-corrected chi connectivity index (χ4v) is 2.89. The Kier molecular flexibility index (Phi) is 5.05. The van der Waals surface area contributed by atoms with Gasteiger partial charge in [0.2, 0.25) is 0 Å². The lowest BCUT2D eigenvalue weighted by atomic mass is 10.1. The molecule has 1 fully saturated rings. The second-order valence-electron chi connectivity index (χ2n) is 4.51. The van der Waals surface area contributed by atoms with Crippen LogP contribution in [0.15, 0.2) is 22.7 Å². The number of benzene rings is 1. The lowest BCUT2D eigenvalue weighted by Gasteiger charge is -2.23. The summed E-state index contributed by atoms with van der Waals surface area (Å²) in [5, 5.41) is 0.368. The van der Waals surface area contributed by atoms with E-state index in [1.165, 1.54) is 0 Å². The van der Waals surface area contributed by atoms with Gasteiger partial charge in [0.25, 0.3) is 5.91 Å². The number of esters is 1. The Morgan fingerprint density at radius 3 is 2.95 bits per heavy atom. The fourth-order valence-electron chi connectivity index (χ4n) is 2.32. The van der Waals surface area contributed by atoms with Crippen LogP contribution in [-0.2, 0) is 9.53 Å². The molecular weight excluding hydrogens is 346 g/mol. The molecule has 1 aliphatic rings. The van der Waals surface area contributed by atoms with E-state index >= 15 is 0 Å². The molecule has 0 saturated carbocycles. The first kappa shape index (κ1) is 15.3. The predicted octanol–water partition coefficient (Wildman–Crippen LogP) is 3.27. The SMILES string of the molecule is CCOC(=O)C1CCCN1C(=O)c1cccc(Br)c1Cl. The van der Waals surface area contributed by atoms with Gasteiger partial charge >= 0.3 is 5.97 Å². The molecule has 1 unspecified atom stereocenters. The standard InChI is InChI=1S/C14H15BrClNO3/c1-2-20-14(19)11-7-4-8-17(11)13(18)9-5-3-6-10(15)12(9)16/h3,5-6,11H,2,4,7-8H2,1H3. The number of rotatable bonds is 3. The largest absolute Gasteiger partial charge is 0.464 e. The molecular formula is C14H15BrClNO3. The van der Waals surface area contributed by atoms with Crippen molar-refractivity contribution >= 4 is 39.4 Å². The quantitative estimate of drug-likeness (QED) is 0.777. The Balaban J connectivity index is 2.23. The van der Waals surface area contributed by atoms with Crippen LogP contribution < -0.4 is 0 Å². The summed E-state index contributed by atoms with van der Waals surface area (Å²) in [7, 11) is 0. The maximum absolute atomic E-state index is 12.6. The molecule has 0 spiro atoms. The van der Waals surface area contributed by atoms with E-state index in [0.29, 0.717) is 34.6 Å². The van der Waals surface area contributed by atoms with Crippen LogP contribution >= 0.6 is 27.5 Å². The van der Waals surface area contributed by atoms with Crippen LogP contribution in [0.2, 0.25) is 5.02 Å². The number of likely N-dealkylation sites (tertiary alicyclic amines) is 1. The van der Waals surface area contributed by atoms with Gasteiger partial charge in [-0.15, -0.1) is 0 Å². The first-order valence-corrected chi connectivity index (χ1v) is 7.65. The van der Waals surface area contributed by atoms with Gasteiger partial charge in [-0.05, 0) is 47.8 Å². The third-order valence-electron chi connectivity index (χ3n) is 3.25. The average molecular weight is 361 g/mol. The zero-order chi connectivity index (χ0) is 14.7. The predicted molar refractivity (Wildman–Crippen MR) is 79.8 cm³/mol. The van der Waals surface area contributed by atoms with Crippen LogP contribution in [0.5, 0.6) is 0 Å². The van der Waals surface area contributed by atoms with Crippen LogP contribution in [-0.4, -0.2) is 36.0 Å². The van der Waals surface area contributed by atoms with E-state index in [4.69, 9.17) is 16.3 Å². The summed E-state index contributed by atoms with van der Waals surface area (Å²) in [4.78, 5) is 26.0. The van der Waals surface area contributed by atoms with E-state index in [-0.39, 0.29) is 11.9 Å². The Bertz CT molecular complexity index is 535. The van der Waals surface area contributed by atoms with Crippen molar-refractivity contribution in [3.05, 3.63) is 33.3 Å².